The number of fused-ring (bicyclic) bond motifs is 1. The van der Waals surface area contributed by atoms with E-state index in [0.29, 0.717) is 5.56 Å². The first-order valence-corrected chi connectivity index (χ1v) is 7.69. The molecule has 0 fully saturated rings. The Morgan fingerprint density at radius 3 is 2.67 bits per heavy atom. The molecule has 3 nitrogen and oxygen atoms in total. The van der Waals surface area contributed by atoms with Crippen LogP contribution in [0.5, 0.6) is 5.75 Å². The van der Waals surface area contributed by atoms with Gasteiger partial charge in [0.2, 0.25) is 0 Å². The lowest BCUT2D eigenvalue weighted by atomic mass is 9.90. The van der Waals surface area contributed by atoms with Crippen LogP contribution in [0.3, 0.4) is 0 Å². The fraction of sp³-hybridized carbons (Fsp3) is 0.500. The smallest absolute Gasteiger partial charge is 0.141 e. The number of nitriles is 1. The van der Waals surface area contributed by atoms with Crippen LogP contribution >= 0.6 is 0 Å². The van der Waals surface area contributed by atoms with Crippen molar-refractivity contribution in [2.75, 3.05) is 20.7 Å². The third-order valence-electron chi connectivity index (χ3n) is 3.67. The highest BCUT2D eigenvalue weighted by Crippen LogP contribution is 2.34. The second-order valence-electron chi connectivity index (χ2n) is 4.89. The van der Waals surface area contributed by atoms with Crippen molar-refractivity contribution >= 4 is 6.08 Å². The van der Waals surface area contributed by atoms with E-state index in [0.717, 1.165) is 37.2 Å². The molecule has 0 saturated carbocycles. The molecule has 0 spiro atoms. The van der Waals surface area contributed by atoms with E-state index in [-0.39, 0.29) is 0 Å². The van der Waals surface area contributed by atoms with Gasteiger partial charge >= 0.3 is 0 Å². The maximum Gasteiger partial charge on any atom is 0.141 e. The van der Waals surface area contributed by atoms with Crippen molar-refractivity contribution in [3.05, 3.63) is 34.4 Å². The minimum absolute atomic E-state index is 0.649. The fourth-order valence-electron chi connectivity index (χ4n) is 2.51. The van der Waals surface area contributed by atoms with Gasteiger partial charge in [-0.1, -0.05) is 32.9 Å². The standard InChI is InChI=1S/C16H20N2O.C2H6/c1-4-18(2)11-15-14-8-6-5-7-12(14)9-13(10-17)16(15)19-3;1-2/h6,8-9H,4-5,7,11H2,1-3H3;1-2H3. The summed E-state index contributed by atoms with van der Waals surface area (Å²) in [6, 6.07) is 4.24. The predicted molar refractivity (Wildman–Crippen MR) is 88.4 cm³/mol. The lowest BCUT2D eigenvalue weighted by molar-refractivity contribution is 0.332. The maximum atomic E-state index is 9.31. The van der Waals surface area contributed by atoms with E-state index in [4.69, 9.17) is 4.74 Å². The van der Waals surface area contributed by atoms with Gasteiger partial charge in [0.05, 0.1) is 12.7 Å². The predicted octanol–water partition coefficient (Wildman–Crippen LogP) is 4.00. The van der Waals surface area contributed by atoms with Gasteiger partial charge < -0.3 is 9.64 Å². The molecule has 114 valence electrons. The summed E-state index contributed by atoms with van der Waals surface area (Å²) in [5.41, 5.74) is 4.29. The van der Waals surface area contributed by atoms with Crippen LogP contribution in [0, 0.1) is 11.3 Å². The van der Waals surface area contributed by atoms with E-state index in [1.165, 1.54) is 11.1 Å². The molecule has 2 rings (SSSR count). The van der Waals surface area contributed by atoms with Gasteiger partial charge in [0.15, 0.2) is 0 Å². The van der Waals surface area contributed by atoms with E-state index in [1.54, 1.807) is 7.11 Å². The van der Waals surface area contributed by atoms with Crippen LogP contribution in [0.15, 0.2) is 12.1 Å². The number of hydrogen-bond acceptors (Lipinski definition) is 3. The Morgan fingerprint density at radius 1 is 1.38 bits per heavy atom. The quantitative estimate of drug-likeness (QED) is 0.839. The van der Waals surface area contributed by atoms with Crippen molar-refractivity contribution in [1.29, 1.82) is 5.26 Å². The minimum atomic E-state index is 0.649. The summed E-state index contributed by atoms with van der Waals surface area (Å²) in [5.74, 6) is 0.730. The lowest BCUT2D eigenvalue weighted by Gasteiger charge is -2.23. The van der Waals surface area contributed by atoms with Crippen LogP contribution in [0.25, 0.3) is 6.08 Å². The molecule has 21 heavy (non-hydrogen) atoms. The average Bonchev–Trinajstić information content (AvgIpc) is 2.56. The first-order valence-electron chi connectivity index (χ1n) is 7.69. The number of ether oxygens (including phenoxy) is 1. The molecule has 0 heterocycles. The Hall–Kier alpha value is -1.79. The Balaban J connectivity index is 0.00000106. The normalized spacial score (nSPS) is 12.2. The third-order valence-corrected chi connectivity index (χ3v) is 3.67. The van der Waals surface area contributed by atoms with Crippen LogP contribution in [-0.4, -0.2) is 25.6 Å². The summed E-state index contributed by atoms with van der Waals surface area (Å²) in [5, 5.41) is 9.31. The molecule has 3 heteroatoms. The molecule has 1 aliphatic carbocycles. The monoisotopic (exact) mass is 286 g/mol. The summed E-state index contributed by atoms with van der Waals surface area (Å²) in [7, 11) is 3.72. The highest BCUT2D eigenvalue weighted by atomic mass is 16.5. The largest absolute Gasteiger partial charge is 0.495 e. The molecule has 0 unspecified atom stereocenters. The number of aryl methyl sites for hydroxylation is 1. The van der Waals surface area contributed by atoms with Gasteiger partial charge in [-0.3, -0.25) is 0 Å². The first kappa shape index (κ1) is 17.3. The van der Waals surface area contributed by atoms with Crippen molar-refractivity contribution < 1.29 is 4.74 Å². The fourth-order valence-corrected chi connectivity index (χ4v) is 2.51. The van der Waals surface area contributed by atoms with E-state index in [9.17, 15) is 5.26 Å². The molecule has 0 aliphatic heterocycles. The van der Waals surface area contributed by atoms with Gasteiger partial charge in [-0.25, -0.2) is 0 Å². The van der Waals surface area contributed by atoms with Crippen molar-refractivity contribution in [2.24, 2.45) is 0 Å². The molecule has 0 aromatic heterocycles. The zero-order valence-electron chi connectivity index (χ0n) is 13.9. The Bertz CT molecular complexity index is 541. The number of rotatable bonds is 4. The van der Waals surface area contributed by atoms with Gasteiger partial charge in [0, 0.05) is 12.1 Å². The Kier molecular flexibility index (Phi) is 6.98. The van der Waals surface area contributed by atoms with Gasteiger partial charge in [-0.15, -0.1) is 0 Å². The molecule has 0 radical (unpaired) electrons. The highest BCUT2D eigenvalue weighted by molar-refractivity contribution is 5.67. The summed E-state index contributed by atoms with van der Waals surface area (Å²) in [6.07, 6.45) is 6.42. The summed E-state index contributed by atoms with van der Waals surface area (Å²) in [6.45, 7) is 7.91. The topological polar surface area (TPSA) is 36.3 Å². The molecular formula is C18H26N2O. The van der Waals surface area contributed by atoms with E-state index < -0.39 is 0 Å². The second-order valence-corrected chi connectivity index (χ2v) is 4.89. The summed E-state index contributed by atoms with van der Waals surface area (Å²) >= 11 is 0. The number of methoxy groups -OCH3 is 1. The molecule has 1 aliphatic rings. The molecule has 0 atom stereocenters. The SMILES string of the molecule is CC.CCN(C)Cc1c2c(cc(C#N)c1OC)CCC=C2. The first-order chi connectivity index (χ1) is 10.2. The third kappa shape index (κ3) is 3.86. The summed E-state index contributed by atoms with van der Waals surface area (Å²) in [4.78, 5) is 2.22. The number of benzene rings is 1. The van der Waals surface area contributed by atoms with Crippen molar-refractivity contribution in [1.82, 2.24) is 4.90 Å². The molecular weight excluding hydrogens is 260 g/mol. The highest BCUT2D eigenvalue weighted by Gasteiger charge is 2.19. The van der Waals surface area contributed by atoms with Gasteiger partial charge in [-0.2, -0.15) is 5.26 Å². The van der Waals surface area contributed by atoms with E-state index >= 15 is 0 Å². The molecule has 0 N–H and O–H groups in total. The molecule has 0 amide bonds. The van der Waals surface area contributed by atoms with Crippen LogP contribution in [0.2, 0.25) is 0 Å². The number of hydrogen-bond donors (Lipinski definition) is 0. The maximum absolute atomic E-state index is 9.31. The number of allylic oxidation sites excluding steroid dienone is 1. The molecule has 1 aromatic rings. The van der Waals surface area contributed by atoms with Gasteiger partial charge in [0.1, 0.15) is 11.8 Å². The lowest BCUT2D eigenvalue weighted by Crippen LogP contribution is -2.19. The van der Waals surface area contributed by atoms with Crippen molar-refractivity contribution in [3.8, 4) is 11.8 Å². The van der Waals surface area contributed by atoms with Gasteiger partial charge in [0.25, 0.3) is 0 Å². The van der Waals surface area contributed by atoms with Crippen LogP contribution < -0.4 is 4.74 Å². The molecule has 0 saturated heterocycles. The van der Waals surface area contributed by atoms with Crippen LogP contribution in [-0.2, 0) is 13.0 Å². The van der Waals surface area contributed by atoms with Crippen LogP contribution in [0.1, 0.15) is 49.4 Å². The van der Waals surface area contributed by atoms with Crippen LogP contribution in [0.4, 0.5) is 0 Å². The zero-order valence-corrected chi connectivity index (χ0v) is 13.9. The molecule has 1 aromatic carbocycles. The van der Waals surface area contributed by atoms with Gasteiger partial charge in [-0.05, 0) is 43.6 Å². The van der Waals surface area contributed by atoms with Crippen molar-refractivity contribution in [3.63, 3.8) is 0 Å². The van der Waals surface area contributed by atoms with Crippen molar-refractivity contribution in [2.45, 2.75) is 40.2 Å². The number of nitrogens with zero attached hydrogens (tertiary/aromatic N) is 2. The van der Waals surface area contributed by atoms with E-state index in [2.05, 4.69) is 37.1 Å². The average molecular weight is 286 g/mol. The Morgan fingerprint density at radius 2 is 2.10 bits per heavy atom. The Labute approximate surface area is 128 Å². The minimum Gasteiger partial charge on any atom is -0.495 e. The summed E-state index contributed by atoms with van der Waals surface area (Å²) < 4.78 is 5.50. The van der Waals surface area contributed by atoms with E-state index in [1.807, 2.05) is 19.9 Å². The molecule has 0 bridgehead atoms. The second kappa shape index (κ2) is 8.49. The zero-order chi connectivity index (χ0) is 15.8.